The van der Waals surface area contributed by atoms with Gasteiger partial charge in [-0.2, -0.15) is 0 Å². The van der Waals surface area contributed by atoms with Crippen molar-refractivity contribution >= 4 is 15.8 Å². The standard InChI is InChI=1S/C22H28N4O4S/c1-13-6-7-18(31(27,28)26-16(4)14(2)12-29-5)10-19(13)17-9-20(22(23)24-11-17)21-8-15(3)25-30-21/h6-11,14,16,26H,12H2,1-5H3,(H2,23,24). The lowest BCUT2D eigenvalue weighted by atomic mass is 10.00. The van der Waals surface area contributed by atoms with E-state index in [4.69, 9.17) is 15.0 Å². The van der Waals surface area contributed by atoms with Crippen molar-refractivity contribution in [3.63, 3.8) is 0 Å². The van der Waals surface area contributed by atoms with E-state index in [0.717, 1.165) is 22.4 Å². The number of anilines is 1. The summed E-state index contributed by atoms with van der Waals surface area (Å²) in [6, 6.07) is 8.35. The Morgan fingerprint density at radius 2 is 1.90 bits per heavy atom. The number of ether oxygens (including phenoxy) is 1. The Balaban J connectivity index is 1.98. The van der Waals surface area contributed by atoms with Gasteiger partial charge < -0.3 is 15.0 Å². The van der Waals surface area contributed by atoms with E-state index in [-0.39, 0.29) is 16.9 Å². The van der Waals surface area contributed by atoms with Crippen LogP contribution in [0.1, 0.15) is 25.1 Å². The molecule has 0 amide bonds. The predicted molar refractivity (Wildman–Crippen MR) is 120 cm³/mol. The molecule has 2 unspecified atom stereocenters. The quantitative estimate of drug-likeness (QED) is 0.545. The van der Waals surface area contributed by atoms with Crippen molar-refractivity contribution in [1.82, 2.24) is 14.9 Å². The molecule has 8 nitrogen and oxygen atoms in total. The number of aromatic nitrogens is 2. The molecular weight excluding hydrogens is 416 g/mol. The molecule has 0 fully saturated rings. The maximum atomic E-state index is 13.0. The van der Waals surface area contributed by atoms with Crippen molar-refractivity contribution in [2.75, 3.05) is 19.5 Å². The van der Waals surface area contributed by atoms with Crippen LogP contribution in [0.15, 0.2) is 45.9 Å². The Hall–Kier alpha value is -2.75. The second-order valence-electron chi connectivity index (χ2n) is 7.81. The average Bonchev–Trinajstić information content (AvgIpc) is 3.14. The molecule has 3 aromatic rings. The number of hydrogen-bond acceptors (Lipinski definition) is 7. The van der Waals surface area contributed by atoms with Crippen molar-refractivity contribution in [3.8, 4) is 22.5 Å². The Kier molecular flexibility index (Phi) is 6.78. The van der Waals surface area contributed by atoms with E-state index >= 15 is 0 Å². The molecular formula is C22H28N4O4S. The van der Waals surface area contributed by atoms with Gasteiger partial charge in [0.25, 0.3) is 0 Å². The number of sulfonamides is 1. The maximum Gasteiger partial charge on any atom is 0.240 e. The van der Waals surface area contributed by atoms with Gasteiger partial charge in [0.1, 0.15) is 5.82 Å². The molecule has 31 heavy (non-hydrogen) atoms. The van der Waals surface area contributed by atoms with E-state index in [2.05, 4.69) is 14.9 Å². The van der Waals surface area contributed by atoms with Crippen LogP contribution in [0.4, 0.5) is 5.82 Å². The van der Waals surface area contributed by atoms with Crippen molar-refractivity contribution < 1.29 is 17.7 Å². The third kappa shape index (κ3) is 5.12. The normalized spacial score (nSPS) is 13.8. The van der Waals surface area contributed by atoms with Gasteiger partial charge in [-0.15, -0.1) is 0 Å². The predicted octanol–water partition coefficient (Wildman–Crippen LogP) is 3.55. The molecule has 2 aromatic heterocycles. The number of nitrogens with two attached hydrogens (primary N) is 1. The lowest BCUT2D eigenvalue weighted by molar-refractivity contribution is 0.147. The van der Waals surface area contributed by atoms with Gasteiger partial charge >= 0.3 is 0 Å². The van der Waals surface area contributed by atoms with Crippen LogP contribution in [0, 0.1) is 19.8 Å². The fourth-order valence-corrected chi connectivity index (χ4v) is 4.60. The van der Waals surface area contributed by atoms with E-state index < -0.39 is 10.0 Å². The van der Waals surface area contributed by atoms with Crippen LogP contribution < -0.4 is 10.5 Å². The van der Waals surface area contributed by atoms with E-state index in [0.29, 0.717) is 23.7 Å². The second kappa shape index (κ2) is 9.17. The first-order chi connectivity index (χ1) is 14.6. The van der Waals surface area contributed by atoms with E-state index in [1.54, 1.807) is 37.6 Å². The van der Waals surface area contributed by atoms with Crippen molar-refractivity contribution in [2.45, 2.75) is 38.6 Å². The summed E-state index contributed by atoms with van der Waals surface area (Å²) in [4.78, 5) is 4.46. The number of nitrogens with zero attached hydrogens (tertiary/aromatic N) is 2. The van der Waals surface area contributed by atoms with Gasteiger partial charge in [-0.05, 0) is 56.0 Å². The molecule has 0 radical (unpaired) electrons. The number of nitrogen functional groups attached to an aromatic ring is 1. The summed E-state index contributed by atoms with van der Waals surface area (Å²) in [6.07, 6.45) is 1.62. The zero-order valence-electron chi connectivity index (χ0n) is 18.3. The molecule has 9 heteroatoms. The van der Waals surface area contributed by atoms with Gasteiger partial charge in [0.15, 0.2) is 5.76 Å². The summed E-state index contributed by atoms with van der Waals surface area (Å²) in [7, 11) is -2.12. The van der Waals surface area contributed by atoms with Crippen LogP contribution >= 0.6 is 0 Å². The average molecular weight is 445 g/mol. The lowest BCUT2D eigenvalue weighted by Gasteiger charge is -2.21. The summed E-state index contributed by atoms with van der Waals surface area (Å²) in [6.45, 7) is 7.96. The molecule has 166 valence electrons. The Bertz CT molecular complexity index is 1170. The van der Waals surface area contributed by atoms with E-state index in [1.807, 2.05) is 33.8 Å². The molecule has 0 aliphatic rings. The van der Waals surface area contributed by atoms with Gasteiger partial charge in [-0.3, -0.25) is 0 Å². The minimum absolute atomic E-state index is 0.0268. The molecule has 3 N–H and O–H groups in total. The van der Waals surface area contributed by atoms with Gasteiger partial charge in [0.05, 0.1) is 22.8 Å². The van der Waals surface area contributed by atoms with Crippen LogP contribution in [0.25, 0.3) is 22.5 Å². The Morgan fingerprint density at radius 3 is 2.55 bits per heavy atom. The molecule has 0 saturated heterocycles. The first-order valence-corrected chi connectivity index (χ1v) is 11.4. The summed E-state index contributed by atoms with van der Waals surface area (Å²) in [5.74, 6) is 0.844. The van der Waals surface area contributed by atoms with Gasteiger partial charge in [0.2, 0.25) is 10.0 Å². The number of methoxy groups -OCH3 is 1. The largest absolute Gasteiger partial charge is 0.384 e. The SMILES string of the molecule is COCC(C)C(C)NS(=O)(=O)c1ccc(C)c(-c2cnc(N)c(-c3cc(C)no3)c2)c1. The molecule has 0 bridgehead atoms. The number of benzene rings is 1. The summed E-state index contributed by atoms with van der Waals surface area (Å²) >= 11 is 0. The summed E-state index contributed by atoms with van der Waals surface area (Å²) in [5, 5.41) is 3.90. The fourth-order valence-electron chi connectivity index (χ4n) is 3.23. The van der Waals surface area contributed by atoms with Gasteiger partial charge in [-0.25, -0.2) is 18.1 Å². The lowest BCUT2D eigenvalue weighted by Crippen LogP contribution is -2.38. The number of rotatable bonds is 8. The Labute approximate surface area is 182 Å². The van der Waals surface area contributed by atoms with E-state index in [1.165, 1.54) is 0 Å². The molecule has 2 heterocycles. The smallest absolute Gasteiger partial charge is 0.240 e. The van der Waals surface area contributed by atoms with Crippen LogP contribution in [-0.2, 0) is 14.8 Å². The molecule has 0 saturated carbocycles. The minimum Gasteiger partial charge on any atom is -0.384 e. The molecule has 0 aliphatic heterocycles. The summed E-state index contributed by atoms with van der Waals surface area (Å²) in [5.41, 5.74) is 9.75. The number of nitrogens with one attached hydrogen (secondary N) is 1. The minimum atomic E-state index is -3.72. The molecule has 2 atom stereocenters. The Morgan fingerprint density at radius 1 is 1.16 bits per heavy atom. The van der Waals surface area contributed by atoms with Gasteiger partial charge in [0, 0.05) is 31.0 Å². The highest BCUT2D eigenvalue weighted by Gasteiger charge is 2.22. The third-order valence-corrected chi connectivity index (χ3v) is 6.82. The zero-order chi connectivity index (χ0) is 22.8. The van der Waals surface area contributed by atoms with Crippen molar-refractivity contribution in [2.24, 2.45) is 5.92 Å². The van der Waals surface area contributed by atoms with E-state index in [9.17, 15) is 8.42 Å². The zero-order valence-corrected chi connectivity index (χ0v) is 19.2. The fraction of sp³-hybridized carbons (Fsp3) is 0.364. The highest BCUT2D eigenvalue weighted by atomic mass is 32.2. The molecule has 1 aromatic carbocycles. The van der Waals surface area contributed by atoms with Crippen molar-refractivity contribution in [1.29, 1.82) is 0 Å². The number of hydrogen-bond donors (Lipinski definition) is 2. The van der Waals surface area contributed by atoms with Crippen LogP contribution in [0.2, 0.25) is 0 Å². The van der Waals surface area contributed by atoms with Crippen LogP contribution in [0.5, 0.6) is 0 Å². The molecule has 0 aliphatic carbocycles. The highest BCUT2D eigenvalue weighted by molar-refractivity contribution is 7.89. The number of pyridine rings is 1. The second-order valence-corrected chi connectivity index (χ2v) is 9.52. The number of aryl methyl sites for hydroxylation is 2. The highest BCUT2D eigenvalue weighted by Crippen LogP contribution is 2.32. The topological polar surface area (TPSA) is 120 Å². The molecule has 3 rings (SSSR count). The van der Waals surface area contributed by atoms with Gasteiger partial charge in [-0.1, -0.05) is 18.1 Å². The third-order valence-electron chi connectivity index (χ3n) is 5.27. The van der Waals surface area contributed by atoms with Crippen LogP contribution in [0.3, 0.4) is 0 Å². The first-order valence-electron chi connectivity index (χ1n) is 9.94. The monoisotopic (exact) mass is 444 g/mol. The van der Waals surface area contributed by atoms with Crippen LogP contribution in [-0.4, -0.2) is 38.3 Å². The first kappa shape index (κ1) is 22.9. The summed E-state index contributed by atoms with van der Waals surface area (Å²) < 4.78 is 39.2. The maximum absolute atomic E-state index is 13.0. The van der Waals surface area contributed by atoms with Crippen molar-refractivity contribution in [3.05, 3.63) is 47.8 Å². The molecule has 0 spiro atoms.